The summed E-state index contributed by atoms with van der Waals surface area (Å²) in [5.74, 6) is -0.245. The third kappa shape index (κ3) is 5.89. The molecular weight excluding hydrogens is 363 g/mol. The van der Waals surface area contributed by atoms with Crippen LogP contribution in [-0.4, -0.2) is 31.6 Å². The van der Waals surface area contributed by atoms with E-state index in [0.717, 1.165) is 31.6 Å². The summed E-state index contributed by atoms with van der Waals surface area (Å²) in [6.07, 6.45) is -2.69. The molecule has 3 rings (SSSR count). The summed E-state index contributed by atoms with van der Waals surface area (Å²) in [7, 11) is 0. The topological polar surface area (TPSA) is 56.8 Å². The van der Waals surface area contributed by atoms with Gasteiger partial charge in [0.15, 0.2) is 0 Å². The molecular formula is C19H18F3NO4. The van der Waals surface area contributed by atoms with Gasteiger partial charge in [-0.25, -0.2) is 0 Å². The molecule has 8 heteroatoms. The molecule has 1 N–H and O–H groups in total. The number of alkyl halides is 3. The molecule has 0 unspecified atom stereocenters. The summed E-state index contributed by atoms with van der Waals surface area (Å²) in [5.41, 5.74) is 0.544. The van der Waals surface area contributed by atoms with E-state index in [2.05, 4.69) is 10.1 Å². The van der Waals surface area contributed by atoms with Crippen LogP contribution in [0.5, 0.6) is 11.5 Å². The second-order valence-corrected chi connectivity index (χ2v) is 6.00. The molecule has 2 aromatic carbocycles. The Hall–Kier alpha value is -2.74. The fourth-order valence-electron chi connectivity index (χ4n) is 2.64. The number of hydrogen-bond donors (Lipinski definition) is 1. The zero-order valence-electron chi connectivity index (χ0n) is 14.3. The van der Waals surface area contributed by atoms with Crippen molar-refractivity contribution in [1.82, 2.24) is 0 Å². The molecule has 0 aromatic heterocycles. The first-order valence-corrected chi connectivity index (χ1v) is 8.41. The molecule has 144 valence electrons. The van der Waals surface area contributed by atoms with Gasteiger partial charge in [-0.3, -0.25) is 4.79 Å². The van der Waals surface area contributed by atoms with Crippen LogP contribution >= 0.6 is 0 Å². The van der Waals surface area contributed by atoms with E-state index >= 15 is 0 Å². The molecule has 1 aliphatic rings. The molecule has 0 radical (unpaired) electrons. The van der Waals surface area contributed by atoms with E-state index in [0.29, 0.717) is 17.9 Å². The lowest BCUT2D eigenvalue weighted by atomic mass is 10.2. The Kier molecular flexibility index (Phi) is 5.85. The Morgan fingerprint density at radius 3 is 2.59 bits per heavy atom. The third-order valence-electron chi connectivity index (χ3n) is 3.90. The van der Waals surface area contributed by atoms with Gasteiger partial charge in [-0.15, -0.1) is 13.2 Å². The average molecular weight is 381 g/mol. The molecule has 0 aliphatic carbocycles. The van der Waals surface area contributed by atoms with E-state index in [9.17, 15) is 18.0 Å². The number of carbonyl (C=O) groups excluding carboxylic acids is 1. The summed E-state index contributed by atoms with van der Waals surface area (Å²) >= 11 is 0. The highest BCUT2D eigenvalue weighted by Gasteiger charge is 2.31. The monoisotopic (exact) mass is 381 g/mol. The van der Waals surface area contributed by atoms with Crippen LogP contribution < -0.4 is 14.8 Å². The number of halogens is 3. The van der Waals surface area contributed by atoms with Crippen molar-refractivity contribution >= 4 is 11.6 Å². The van der Waals surface area contributed by atoms with Crippen LogP contribution in [0.2, 0.25) is 0 Å². The Labute approximate surface area is 154 Å². The summed E-state index contributed by atoms with van der Waals surface area (Å²) in [6, 6.07) is 11.6. The van der Waals surface area contributed by atoms with Crippen LogP contribution in [-0.2, 0) is 4.74 Å². The van der Waals surface area contributed by atoms with Gasteiger partial charge in [-0.1, -0.05) is 6.07 Å². The van der Waals surface area contributed by atoms with Crippen LogP contribution in [0, 0.1) is 0 Å². The molecule has 1 aliphatic heterocycles. The lowest BCUT2D eigenvalue weighted by Crippen LogP contribution is -2.17. The lowest BCUT2D eigenvalue weighted by Gasteiger charge is -2.12. The highest BCUT2D eigenvalue weighted by Crippen LogP contribution is 2.25. The van der Waals surface area contributed by atoms with Gasteiger partial charge in [0.1, 0.15) is 18.1 Å². The maximum atomic E-state index is 12.3. The number of ether oxygens (including phenoxy) is 3. The Bertz CT molecular complexity index is 771. The van der Waals surface area contributed by atoms with E-state index in [1.807, 2.05) is 0 Å². The molecule has 0 spiro atoms. The number of hydrogen-bond acceptors (Lipinski definition) is 4. The van der Waals surface area contributed by atoms with Crippen molar-refractivity contribution in [2.45, 2.75) is 25.3 Å². The smallest absolute Gasteiger partial charge is 0.491 e. The van der Waals surface area contributed by atoms with Gasteiger partial charge in [0.25, 0.3) is 5.91 Å². The number of rotatable bonds is 6. The summed E-state index contributed by atoms with van der Waals surface area (Å²) < 4.78 is 51.7. The predicted molar refractivity (Wildman–Crippen MR) is 92.0 cm³/mol. The minimum absolute atomic E-state index is 0.0965. The molecule has 2 aromatic rings. The highest BCUT2D eigenvalue weighted by molar-refractivity contribution is 6.04. The van der Waals surface area contributed by atoms with Crippen LogP contribution in [0.1, 0.15) is 23.2 Å². The van der Waals surface area contributed by atoms with Gasteiger partial charge in [0.05, 0.1) is 6.10 Å². The molecule has 27 heavy (non-hydrogen) atoms. The van der Waals surface area contributed by atoms with E-state index in [1.54, 1.807) is 24.3 Å². The van der Waals surface area contributed by atoms with E-state index in [-0.39, 0.29) is 11.8 Å². The maximum Gasteiger partial charge on any atom is 0.573 e. The number of nitrogens with one attached hydrogen (secondary N) is 1. The molecule has 1 saturated heterocycles. The van der Waals surface area contributed by atoms with Gasteiger partial charge in [-0.2, -0.15) is 0 Å². The fraction of sp³-hybridized carbons (Fsp3) is 0.316. The second-order valence-electron chi connectivity index (χ2n) is 6.00. The van der Waals surface area contributed by atoms with Gasteiger partial charge in [0.2, 0.25) is 0 Å². The number of anilines is 1. The van der Waals surface area contributed by atoms with Crippen LogP contribution in [0.3, 0.4) is 0 Å². The first-order valence-electron chi connectivity index (χ1n) is 8.41. The summed E-state index contributed by atoms with van der Waals surface area (Å²) in [5, 5.41) is 2.53. The minimum atomic E-state index is -4.79. The van der Waals surface area contributed by atoms with E-state index in [4.69, 9.17) is 9.47 Å². The van der Waals surface area contributed by atoms with Crippen molar-refractivity contribution in [2.24, 2.45) is 0 Å². The van der Waals surface area contributed by atoms with Crippen LogP contribution in [0.4, 0.5) is 18.9 Å². The standard InChI is InChI=1S/C19H18F3NO4/c20-19(21,22)27-16-4-1-3-14(11-16)23-18(24)13-6-8-15(9-7-13)26-12-17-5-2-10-25-17/h1,3-4,6-9,11,17H,2,5,10,12H2,(H,23,24)/t17-/m1/s1. The van der Waals surface area contributed by atoms with Gasteiger partial charge in [0, 0.05) is 23.9 Å². The zero-order chi connectivity index (χ0) is 19.3. The number of carbonyl (C=O) groups is 1. The van der Waals surface area contributed by atoms with E-state index < -0.39 is 18.0 Å². The Morgan fingerprint density at radius 2 is 1.93 bits per heavy atom. The number of benzene rings is 2. The first kappa shape index (κ1) is 19.0. The van der Waals surface area contributed by atoms with Crippen molar-refractivity contribution in [3.8, 4) is 11.5 Å². The molecule has 0 bridgehead atoms. The fourth-order valence-corrected chi connectivity index (χ4v) is 2.64. The highest BCUT2D eigenvalue weighted by atomic mass is 19.4. The quantitative estimate of drug-likeness (QED) is 0.806. The molecule has 1 amide bonds. The molecule has 1 heterocycles. The maximum absolute atomic E-state index is 12.3. The van der Waals surface area contributed by atoms with Crippen molar-refractivity contribution in [2.75, 3.05) is 18.5 Å². The minimum Gasteiger partial charge on any atom is -0.491 e. The van der Waals surface area contributed by atoms with Crippen LogP contribution in [0.15, 0.2) is 48.5 Å². The molecule has 5 nitrogen and oxygen atoms in total. The largest absolute Gasteiger partial charge is 0.573 e. The van der Waals surface area contributed by atoms with Crippen molar-refractivity contribution in [3.05, 3.63) is 54.1 Å². The van der Waals surface area contributed by atoms with Crippen molar-refractivity contribution in [3.63, 3.8) is 0 Å². The van der Waals surface area contributed by atoms with Crippen molar-refractivity contribution in [1.29, 1.82) is 0 Å². The number of amides is 1. The molecule has 1 fully saturated rings. The van der Waals surface area contributed by atoms with Crippen LogP contribution in [0.25, 0.3) is 0 Å². The van der Waals surface area contributed by atoms with Crippen molar-refractivity contribution < 1.29 is 32.2 Å². The lowest BCUT2D eigenvalue weighted by molar-refractivity contribution is -0.274. The Balaban J connectivity index is 1.56. The summed E-state index contributed by atoms with van der Waals surface area (Å²) in [6.45, 7) is 1.21. The second kappa shape index (κ2) is 8.30. The average Bonchev–Trinajstić information content (AvgIpc) is 3.13. The normalized spacial score (nSPS) is 16.8. The van der Waals surface area contributed by atoms with Gasteiger partial charge < -0.3 is 19.5 Å². The third-order valence-corrected chi connectivity index (χ3v) is 3.90. The predicted octanol–water partition coefficient (Wildman–Crippen LogP) is 4.40. The van der Waals surface area contributed by atoms with E-state index in [1.165, 1.54) is 12.1 Å². The zero-order valence-corrected chi connectivity index (χ0v) is 14.3. The SMILES string of the molecule is O=C(Nc1cccc(OC(F)(F)F)c1)c1ccc(OC[C@H]2CCCO2)cc1. The van der Waals surface area contributed by atoms with Gasteiger partial charge in [-0.05, 0) is 49.2 Å². The first-order chi connectivity index (χ1) is 12.9. The molecule has 0 saturated carbocycles. The summed E-state index contributed by atoms with van der Waals surface area (Å²) in [4.78, 5) is 12.3. The van der Waals surface area contributed by atoms with Gasteiger partial charge >= 0.3 is 6.36 Å². The molecule has 1 atom stereocenters. The Morgan fingerprint density at radius 1 is 1.15 bits per heavy atom.